The van der Waals surface area contributed by atoms with E-state index >= 15 is 0 Å². The van der Waals surface area contributed by atoms with Crippen molar-refractivity contribution < 1.29 is 24.9 Å². The van der Waals surface area contributed by atoms with Crippen LogP contribution in [0.2, 0.25) is 0 Å². The van der Waals surface area contributed by atoms with E-state index in [1.54, 1.807) is 0 Å². The maximum atomic E-state index is 12.7. The number of phenolic OH excluding ortho intramolecular Hbond substituents is 3. The number of carbonyl (C=O) groups is 1. The lowest BCUT2D eigenvalue weighted by molar-refractivity contribution is 0.0495. The highest BCUT2D eigenvalue weighted by Crippen LogP contribution is 2.40. The van der Waals surface area contributed by atoms with E-state index < -0.39 is 23.2 Å². The molecule has 0 spiro atoms. The number of aromatic hydroxyl groups is 3. The number of rotatable bonds is 25. The average Bonchev–Trinajstić information content (AvgIpc) is 2.91. The molecule has 1 aromatic rings. The second kappa shape index (κ2) is 23.0. The molecule has 0 aliphatic rings. The molecule has 0 saturated heterocycles. The molecule has 220 valence electrons. The molecule has 0 amide bonds. The average molecular weight is 535 g/mol. The van der Waals surface area contributed by atoms with Crippen molar-refractivity contribution in [3.8, 4) is 17.2 Å². The molecular weight excluding hydrogens is 476 g/mol. The Labute approximate surface area is 233 Å². The highest BCUT2D eigenvalue weighted by Gasteiger charge is 2.22. The highest BCUT2D eigenvalue weighted by atomic mass is 16.5. The molecule has 1 aromatic carbocycles. The van der Waals surface area contributed by atoms with Crippen LogP contribution in [0.1, 0.15) is 171 Å². The van der Waals surface area contributed by atoms with E-state index in [1.807, 2.05) is 0 Å². The summed E-state index contributed by atoms with van der Waals surface area (Å²) in [6, 6.07) is 1.23. The third-order valence-corrected chi connectivity index (χ3v) is 7.59. The second-order valence-corrected chi connectivity index (χ2v) is 11.1. The highest BCUT2D eigenvalue weighted by molar-refractivity contribution is 5.93. The summed E-state index contributed by atoms with van der Waals surface area (Å²) in [6.45, 7) is 4.82. The summed E-state index contributed by atoms with van der Waals surface area (Å²) in [6.07, 6.45) is 27.3. The molecule has 38 heavy (non-hydrogen) atoms. The number of hydrogen-bond acceptors (Lipinski definition) is 5. The molecule has 0 saturated carbocycles. The van der Waals surface area contributed by atoms with Crippen LogP contribution in [0.3, 0.4) is 0 Å². The molecule has 0 atom stereocenters. The summed E-state index contributed by atoms with van der Waals surface area (Å²) in [5.74, 6) is -2.00. The predicted molar refractivity (Wildman–Crippen MR) is 158 cm³/mol. The first-order valence-corrected chi connectivity index (χ1v) is 16.0. The fraction of sp³-hybridized carbons (Fsp3) is 0.788. The zero-order valence-corrected chi connectivity index (χ0v) is 24.7. The fourth-order valence-electron chi connectivity index (χ4n) is 5.09. The van der Waals surface area contributed by atoms with Crippen molar-refractivity contribution in [2.75, 3.05) is 6.61 Å². The molecule has 5 heteroatoms. The number of esters is 1. The van der Waals surface area contributed by atoms with Gasteiger partial charge in [-0.3, -0.25) is 0 Å². The summed E-state index contributed by atoms with van der Waals surface area (Å²) in [7, 11) is 0. The van der Waals surface area contributed by atoms with E-state index in [9.17, 15) is 20.1 Å². The Morgan fingerprint density at radius 2 is 0.974 bits per heavy atom. The predicted octanol–water partition coefficient (Wildman–Crippen LogP) is 10.1. The summed E-state index contributed by atoms with van der Waals surface area (Å²) < 4.78 is 5.47. The number of carbonyl (C=O) groups excluding carboxylic acids is 1. The topological polar surface area (TPSA) is 87.0 Å². The molecule has 0 aromatic heterocycles. The Kier molecular flexibility index (Phi) is 20.7. The first-order valence-electron chi connectivity index (χ1n) is 16.0. The van der Waals surface area contributed by atoms with Gasteiger partial charge in [0.25, 0.3) is 0 Å². The summed E-state index contributed by atoms with van der Waals surface area (Å²) >= 11 is 0. The normalized spacial score (nSPS) is 11.2. The number of unbranched alkanes of at least 4 members (excludes halogenated alkanes) is 20. The molecule has 0 unspecified atom stereocenters. The third-order valence-electron chi connectivity index (χ3n) is 7.59. The number of benzene rings is 1. The SMILES string of the molecule is CCCCCCCCCCCCCOC(=O)c1cc(O)c(O)c(O)c1CCCCCCCCCCCCC. The maximum absolute atomic E-state index is 12.7. The molecular formula is C33H58O5. The molecule has 0 bridgehead atoms. The smallest absolute Gasteiger partial charge is 0.338 e. The van der Waals surface area contributed by atoms with E-state index in [2.05, 4.69) is 13.8 Å². The number of ether oxygens (including phenoxy) is 1. The van der Waals surface area contributed by atoms with E-state index in [0.29, 0.717) is 18.6 Å². The molecule has 5 nitrogen and oxygen atoms in total. The van der Waals surface area contributed by atoms with E-state index in [1.165, 1.54) is 109 Å². The molecule has 1 rings (SSSR count). The van der Waals surface area contributed by atoms with Gasteiger partial charge in [0, 0.05) is 5.56 Å². The minimum atomic E-state index is -0.565. The van der Waals surface area contributed by atoms with Gasteiger partial charge in [-0.15, -0.1) is 0 Å². The van der Waals surface area contributed by atoms with E-state index in [-0.39, 0.29) is 5.56 Å². The minimum Gasteiger partial charge on any atom is -0.504 e. The molecule has 0 aliphatic carbocycles. The molecule has 3 N–H and O–H groups in total. The van der Waals surface area contributed by atoms with Gasteiger partial charge in [-0.2, -0.15) is 0 Å². The van der Waals surface area contributed by atoms with Gasteiger partial charge >= 0.3 is 5.97 Å². The fourth-order valence-corrected chi connectivity index (χ4v) is 5.09. The largest absolute Gasteiger partial charge is 0.504 e. The lowest BCUT2D eigenvalue weighted by Gasteiger charge is -2.14. The number of phenols is 3. The Hall–Kier alpha value is -1.91. The second-order valence-electron chi connectivity index (χ2n) is 11.1. The van der Waals surface area contributed by atoms with Gasteiger partial charge in [0.05, 0.1) is 12.2 Å². The van der Waals surface area contributed by atoms with Crippen molar-refractivity contribution >= 4 is 5.97 Å². The van der Waals surface area contributed by atoms with Crippen LogP contribution in [0, 0.1) is 0 Å². The Morgan fingerprint density at radius 3 is 1.42 bits per heavy atom. The lowest BCUT2D eigenvalue weighted by atomic mass is 9.98. The first-order chi connectivity index (χ1) is 18.5. The van der Waals surface area contributed by atoms with Crippen molar-refractivity contribution in [1.29, 1.82) is 0 Å². The van der Waals surface area contributed by atoms with Gasteiger partial charge in [-0.05, 0) is 25.3 Å². The van der Waals surface area contributed by atoms with Crippen molar-refractivity contribution in [1.82, 2.24) is 0 Å². The first kappa shape index (κ1) is 34.1. The van der Waals surface area contributed by atoms with Crippen LogP contribution in [-0.4, -0.2) is 27.9 Å². The number of hydrogen-bond donors (Lipinski definition) is 3. The van der Waals surface area contributed by atoms with Crippen molar-refractivity contribution in [3.05, 3.63) is 17.2 Å². The molecule has 0 heterocycles. The van der Waals surface area contributed by atoms with E-state index in [0.717, 1.165) is 38.5 Å². The van der Waals surface area contributed by atoms with Gasteiger partial charge in [-0.25, -0.2) is 4.79 Å². The van der Waals surface area contributed by atoms with Crippen LogP contribution in [-0.2, 0) is 11.2 Å². The lowest BCUT2D eigenvalue weighted by Crippen LogP contribution is -2.10. The Morgan fingerprint density at radius 1 is 0.579 bits per heavy atom. The quantitative estimate of drug-likeness (QED) is 0.0660. The van der Waals surface area contributed by atoms with Gasteiger partial charge in [0.1, 0.15) is 0 Å². The van der Waals surface area contributed by atoms with Crippen LogP contribution in [0.4, 0.5) is 0 Å². The van der Waals surface area contributed by atoms with Gasteiger partial charge in [0.15, 0.2) is 11.5 Å². The van der Waals surface area contributed by atoms with Crippen molar-refractivity contribution in [3.63, 3.8) is 0 Å². The van der Waals surface area contributed by atoms with Crippen LogP contribution in [0.15, 0.2) is 6.07 Å². The zero-order valence-electron chi connectivity index (χ0n) is 24.7. The molecule has 0 radical (unpaired) electrons. The minimum absolute atomic E-state index is 0.160. The zero-order chi connectivity index (χ0) is 27.8. The van der Waals surface area contributed by atoms with Crippen LogP contribution < -0.4 is 0 Å². The third kappa shape index (κ3) is 15.5. The maximum Gasteiger partial charge on any atom is 0.338 e. The van der Waals surface area contributed by atoms with Crippen molar-refractivity contribution in [2.24, 2.45) is 0 Å². The summed E-state index contributed by atoms with van der Waals surface area (Å²) in [5.41, 5.74) is 0.535. The van der Waals surface area contributed by atoms with Gasteiger partial charge in [-0.1, -0.05) is 142 Å². The van der Waals surface area contributed by atoms with Crippen LogP contribution in [0.25, 0.3) is 0 Å². The van der Waals surface area contributed by atoms with E-state index in [4.69, 9.17) is 4.74 Å². The monoisotopic (exact) mass is 534 g/mol. The molecule has 0 fully saturated rings. The van der Waals surface area contributed by atoms with Gasteiger partial charge < -0.3 is 20.1 Å². The Bertz CT molecular complexity index is 731. The Balaban J connectivity index is 2.30. The van der Waals surface area contributed by atoms with Crippen LogP contribution in [0.5, 0.6) is 17.2 Å². The van der Waals surface area contributed by atoms with Gasteiger partial charge in [0.2, 0.25) is 5.75 Å². The summed E-state index contributed by atoms with van der Waals surface area (Å²) in [4.78, 5) is 12.7. The van der Waals surface area contributed by atoms with Crippen LogP contribution >= 0.6 is 0 Å². The standard InChI is InChI=1S/C33H58O5/c1-3-5-7-9-11-13-15-17-19-21-23-25-28-29(27-30(34)32(36)31(28)35)33(37)38-26-24-22-20-18-16-14-12-10-8-6-4-2/h27,34-36H,3-26H2,1-2H3. The van der Waals surface area contributed by atoms with Crippen molar-refractivity contribution in [2.45, 2.75) is 162 Å². The summed E-state index contributed by atoms with van der Waals surface area (Å²) in [5, 5.41) is 30.4. The molecule has 0 aliphatic heterocycles.